The van der Waals surface area contributed by atoms with Crippen LogP contribution in [0.1, 0.15) is 30.2 Å². The Morgan fingerprint density at radius 2 is 1.88 bits per heavy atom. The van der Waals surface area contributed by atoms with E-state index in [1.54, 1.807) is 6.26 Å². The van der Waals surface area contributed by atoms with Crippen LogP contribution >= 0.6 is 0 Å². The Balaban J connectivity index is 1.97. The Kier molecular flexibility index (Phi) is 2.50. The first kappa shape index (κ1) is 10.6. The molecule has 3 nitrogen and oxygen atoms in total. The van der Waals surface area contributed by atoms with Gasteiger partial charge in [0.15, 0.2) is 0 Å². The van der Waals surface area contributed by atoms with Gasteiger partial charge in [0.25, 0.3) is 0 Å². The fourth-order valence-electron chi connectivity index (χ4n) is 2.62. The van der Waals surface area contributed by atoms with Crippen LogP contribution in [0.5, 0.6) is 0 Å². The monoisotopic (exact) mass is 228 g/mol. The molecule has 0 aliphatic heterocycles. The zero-order chi connectivity index (χ0) is 11.7. The van der Waals surface area contributed by atoms with Crippen LogP contribution in [0.2, 0.25) is 0 Å². The van der Waals surface area contributed by atoms with Gasteiger partial charge in [-0.1, -0.05) is 30.3 Å². The highest BCUT2D eigenvalue weighted by Crippen LogP contribution is 2.56. The molecular weight excluding hydrogens is 212 g/mol. The van der Waals surface area contributed by atoms with Crippen molar-refractivity contribution in [3.05, 3.63) is 60.1 Å². The van der Waals surface area contributed by atoms with Gasteiger partial charge in [0.1, 0.15) is 5.76 Å². The molecule has 3 N–H and O–H groups in total. The Morgan fingerprint density at radius 3 is 2.41 bits per heavy atom. The summed E-state index contributed by atoms with van der Waals surface area (Å²) in [6.45, 7) is 0. The van der Waals surface area contributed by atoms with Gasteiger partial charge in [0, 0.05) is 5.41 Å². The smallest absolute Gasteiger partial charge is 0.122 e. The molecule has 0 spiro atoms. The minimum Gasteiger partial charge on any atom is -0.468 e. The maximum atomic E-state index is 5.72. The molecule has 3 rings (SSSR count). The van der Waals surface area contributed by atoms with E-state index in [-0.39, 0.29) is 11.5 Å². The number of furan rings is 1. The molecule has 1 aliphatic carbocycles. The minimum atomic E-state index is 0.0555. The maximum absolute atomic E-state index is 5.72. The predicted octanol–water partition coefficient (Wildman–Crippen LogP) is 2.52. The number of hydrazine groups is 1. The van der Waals surface area contributed by atoms with Crippen molar-refractivity contribution >= 4 is 0 Å². The van der Waals surface area contributed by atoms with Crippen LogP contribution in [0.25, 0.3) is 0 Å². The van der Waals surface area contributed by atoms with E-state index in [2.05, 4.69) is 29.7 Å². The summed E-state index contributed by atoms with van der Waals surface area (Å²) < 4.78 is 5.49. The highest BCUT2D eigenvalue weighted by molar-refractivity contribution is 5.36. The molecule has 3 heteroatoms. The van der Waals surface area contributed by atoms with E-state index in [4.69, 9.17) is 10.3 Å². The lowest BCUT2D eigenvalue weighted by Gasteiger charge is -2.25. The van der Waals surface area contributed by atoms with Crippen LogP contribution in [-0.4, -0.2) is 0 Å². The standard InChI is InChI=1S/C14H16N2O/c15-16-13(12-7-4-10-17-12)14(8-9-14)11-5-2-1-3-6-11/h1-7,10,13,16H,8-9,15H2. The van der Waals surface area contributed by atoms with E-state index in [1.807, 2.05) is 18.2 Å². The second kappa shape index (κ2) is 4.02. The Bertz CT molecular complexity index is 474. The Morgan fingerprint density at radius 1 is 1.12 bits per heavy atom. The molecule has 1 heterocycles. The average Bonchev–Trinajstić information content (AvgIpc) is 3.00. The molecule has 0 bridgehead atoms. The van der Waals surface area contributed by atoms with Crippen molar-refractivity contribution in [2.75, 3.05) is 0 Å². The largest absolute Gasteiger partial charge is 0.468 e. The van der Waals surface area contributed by atoms with Gasteiger partial charge in [-0.3, -0.25) is 5.84 Å². The third kappa shape index (κ3) is 1.68. The van der Waals surface area contributed by atoms with E-state index in [0.29, 0.717) is 0 Å². The van der Waals surface area contributed by atoms with E-state index in [1.165, 1.54) is 5.56 Å². The van der Waals surface area contributed by atoms with Crippen molar-refractivity contribution in [3.63, 3.8) is 0 Å². The molecule has 0 radical (unpaired) electrons. The lowest BCUT2D eigenvalue weighted by molar-refractivity contribution is 0.357. The van der Waals surface area contributed by atoms with Gasteiger partial charge in [-0.2, -0.15) is 0 Å². The molecule has 1 saturated carbocycles. The van der Waals surface area contributed by atoms with E-state index in [0.717, 1.165) is 18.6 Å². The van der Waals surface area contributed by atoms with E-state index >= 15 is 0 Å². The SMILES string of the molecule is NNC(c1ccco1)C1(c2ccccc2)CC1. The third-order valence-electron chi connectivity index (χ3n) is 3.68. The topological polar surface area (TPSA) is 51.2 Å². The lowest BCUT2D eigenvalue weighted by atomic mass is 9.87. The summed E-state index contributed by atoms with van der Waals surface area (Å²) in [5.41, 5.74) is 4.35. The molecule has 0 amide bonds. The number of nitrogens with two attached hydrogens (primary N) is 1. The van der Waals surface area contributed by atoms with Gasteiger partial charge in [-0.15, -0.1) is 0 Å². The maximum Gasteiger partial charge on any atom is 0.122 e. The van der Waals surface area contributed by atoms with E-state index < -0.39 is 0 Å². The van der Waals surface area contributed by atoms with Gasteiger partial charge >= 0.3 is 0 Å². The Labute approximate surface area is 101 Å². The first-order chi connectivity index (χ1) is 8.37. The zero-order valence-electron chi connectivity index (χ0n) is 9.60. The van der Waals surface area contributed by atoms with Gasteiger partial charge in [0.05, 0.1) is 12.3 Å². The first-order valence-corrected chi connectivity index (χ1v) is 5.92. The van der Waals surface area contributed by atoms with Gasteiger partial charge in [0.2, 0.25) is 0 Å². The summed E-state index contributed by atoms with van der Waals surface area (Å²) in [5, 5.41) is 0. The normalized spacial score (nSPS) is 18.9. The summed E-state index contributed by atoms with van der Waals surface area (Å²) in [5.74, 6) is 6.63. The molecule has 17 heavy (non-hydrogen) atoms. The van der Waals surface area contributed by atoms with Gasteiger partial charge in [-0.25, -0.2) is 5.43 Å². The first-order valence-electron chi connectivity index (χ1n) is 5.92. The second-order valence-corrected chi connectivity index (χ2v) is 4.64. The molecule has 1 aliphatic rings. The van der Waals surface area contributed by atoms with Crippen molar-refractivity contribution in [2.45, 2.75) is 24.3 Å². The number of benzene rings is 1. The van der Waals surface area contributed by atoms with Crippen molar-refractivity contribution in [2.24, 2.45) is 5.84 Å². The van der Waals surface area contributed by atoms with Crippen LogP contribution in [0.3, 0.4) is 0 Å². The average molecular weight is 228 g/mol. The quantitative estimate of drug-likeness (QED) is 0.624. The van der Waals surface area contributed by atoms with Crippen LogP contribution in [0.15, 0.2) is 53.1 Å². The van der Waals surface area contributed by atoms with Crippen LogP contribution in [0, 0.1) is 0 Å². The summed E-state index contributed by atoms with van der Waals surface area (Å²) in [4.78, 5) is 0. The van der Waals surface area contributed by atoms with E-state index in [9.17, 15) is 0 Å². The molecule has 0 saturated heterocycles. The molecule has 1 fully saturated rings. The molecule has 88 valence electrons. The highest BCUT2D eigenvalue weighted by atomic mass is 16.3. The molecule has 1 atom stereocenters. The van der Waals surface area contributed by atoms with Crippen LogP contribution < -0.4 is 11.3 Å². The summed E-state index contributed by atoms with van der Waals surface area (Å²) in [6.07, 6.45) is 3.99. The number of hydrogen-bond acceptors (Lipinski definition) is 3. The number of hydrogen-bond donors (Lipinski definition) is 2. The Hall–Kier alpha value is -1.58. The predicted molar refractivity (Wildman–Crippen MR) is 66.1 cm³/mol. The molecule has 1 aromatic carbocycles. The zero-order valence-corrected chi connectivity index (χ0v) is 9.60. The van der Waals surface area contributed by atoms with Crippen molar-refractivity contribution in [1.82, 2.24) is 5.43 Å². The third-order valence-corrected chi connectivity index (χ3v) is 3.68. The van der Waals surface area contributed by atoms with Crippen molar-refractivity contribution < 1.29 is 4.42 Å². The van der Waals surface area contributed by atoms with Gasteiger partial charge < -0.3 is 4.42 Å². The fourth-order valence-corrected chi connectivity index (χ4v) is 2.62. The molecule has 1 unspecified atom stereocenters. The summed E-state index contributed by atoms with van der Waals surface area (Å²) >= 11 is 0. The fraction of sp³-hybridized carbons (Fsp3) is 0.286. The highest BCUT2D eigenvalue weighted by Gasteiger charge is 2.52. The lowest BCUT2D eigenvalue weighted by Crippen LogP contribution is -2.36. The number of nitrogens with one attached hydrogen (secondary N) is 1. The molecular formula is C14H16N2O. The summed E-state index contributed by atoms with van der Waals surface area (Å²) in [6, 6.07) is 14.5. The molecule has 2 aromatic rings. The minimum absolute atomic E-state index is 0.0555. The van der Waals surface area contributed by atoms with Crippen LogP contribution in [0.4, 0.5) is 0 Å². The van der Waals surface area contributed by atoms with Crippen LogP contribution in [-0.2, 0) is 5.41 Å². The number of rotatable bonds is 4. The molecule has 1 aromatic heterocycles. The van der Waals surface area contributed by atoms with Crippen molar-refractivity contribution in [3.8, 4) is 0 Å². The van der Waals surface area contributed by atoms with Crippen molar-refractivity contribution in [1.29, 1.82) is 0 Å². The van der Waals surface area contributed by atoms with Gasteiger partial charge in [-0.05, 0) is 30.5 Å². The summed E-state index contributed by atoms with van der Waals surface area (Å²) in [7, 11) is 0. The second-order valence-electron chi connectivity index (χ2n) is 4.64.